The molecule has 2 amide bonds. The zero-order valence-corrected chi connectivity index (χ0v) is 19.1. The minimum Gasteiger partial charge on any atom is -0.484 e. The zero-order valence-electron chi connectivity index (χ0n) is 17.5. The number of halogens is 1. The number of nitrogens with zero attached hydrogens (tertiary/aromatic N) is 1. The number of ether oxygens (including phenoxy) is 1. The Labute approximate surface area is 181 Å². The molecule has 0 aliphatic rings. The lowest BCUT2D eigenvalue weighted by atomic mass is 10.1. The zero-order chi connectivity index (χ0) is 21.4. The van der Waals surface area contributed by atoms with Crippen molar-refractivity contribution in [1.29, 1.82) is 0 Å². The molecule has 0 radical (unpaired) electrons. The molecule has 29 heavy (non-hydrogen) atoms. The first-order valence-electron chi connectivity index (χ1n) is 9.84. The van der Waals surface area contributed by atoms with Gasteiger partial charge in [0.2, 0.25) is 5.91 Å². The molecule has 1 atom stereocenters. The number of amides is 2. The molecule has 0 saturated carbocycles. The van der Waals surface area contributed by atoms with Crippen molar-refractivity contribution < 1.29 is 14.3 Å². The van der Waals surface area contributed by atoms with E-state index >= 15 is 0 Å². The second kappa shape index (κ2) is 11.0. The Morgan fingerprint density at radius 3 is 2.34 bits per heavy atom. The normalized spacial score (nSPS) is 11.6. The van der Waals surface area contributed by atoms with E-state index in [0.29, 0.717) is 25.3 Å². The van der Waals surface area contributed by atoms with Gasteiger partial charge in [0, 0.05) is 17.6 Å². The quantitative estimate of drug-likeness (QED) is 0.613. The van der Waals surface area contributed by atoms with E-state index in [-0.39, 0.29) is 18.4 Å². The first kappa shape index (κ1) is 22.9. The topological polar surface area (TPSA) is 58.6 Å². The molecule has 0 aliphatic carbocycles. The minimum absolute atomic E-state index is 0.112. The van der Waals surface area contributed by atoms with E-state index in [1.807, 2.05) is 63.2 Å². The first-order valence-corrected chi connectivity index (χ1v) is 10.6. The number of nitrogens with one attached hydrogen (secondary N) is 1. The first-order chi connectivity index (χ1) is 13.8. The molecular weight excluding hydrogens is 432 g/mol. The molecule has 0 unspecified atom stereocenters. The van der Waals surface area contributed by atoms with Crippen LogP contribution in [0.1, 0.15) is 30.5 Å². The van der Waals surface area contributed by atoms with Gasteiger partial charge in [0.15, 0.2) is 6.61 Å². The Morgan fingerprint density at radius 1 is 1.14 bits per heavy atom. The Balaban J connectivity index is 2.09. The summed E-state index contributed by atoms with van der Waals surface area (Å²) in [6.07, 6.45) is 0.673. The van der Waals surface area contributed by atoms with Crippen molar-refractivity contribution in [3.05, 3.63) is 63.6 Å². The van der Waals surface area contributed by atoms with Crippen molar-refractivity contribution >= 4 is 27.7 Å². The third-order valence-electron chi connectivity index (χ3n) is 4.77. The predicted molar refractivity (Wildman–Crippen MR) is 119 cm³/mol. The Hall–Kier alpha value is -2.34. The standard InChI is InChI=1S/C23H29BrN2O3/c1-5-25-23(28)18(4)26(12-11-19-9-7-6-8-10-19)21(27)15-29-20-13-16(2)22(24)17(3)14-20/h6-10,13-14,18H,5,11-12,15H2,1-4H3,(H,25,28)/t18-/m0/s1. The van der Waals surface area contributed by atoms with Crippen LogP contribution in [0.5, 0.6) is 5.75 Å². The number of hydrogen-bond acceptors (Lipinski definition) is 3. The molecular formula is C23H29BrN2O3. The van der Waals surface area contributed by atoms with Crippen LogP contribution in [-0.4, -0.2) is 42.5 Å². The van der Waals surface area contributed by atoms with E-state index < -0.39 is 6.04 Å². The number of likely N-dealkylation sites (N-methyl/N-ethyl adjacent to an activating group) is 1. The van der Waals surface area contributed by atoms with Gasteiger partial charge >= 0.3 is 0 Å². The van der Waals surface area contributed by atoms with Crippen molar-refractivity contribution in [3.63, 3.8) is 0 Å². The highest BCUT2D eigenvalue weighted by Crippen LogP contribution is 2.26. The minimum atomic E-state index is -0.567. The average molecular weight is 461 g/mol. The fourth-order valence-electron chi connectivity index (χ4n) is 3.11. The van der Waals surface area contributed by atoms with Gasteiger partial charge in [-0.25, -0.2) is 0 Å². The van der Waals surface area contributed by atoms with Gasteiger partial charge in [-0.15, -0.1) is 0 Å². The molecule has 0 heterocycles. The Morgan fingerprint density at radius 2 is 1.76 bits per heavy atom. The summed E-state index contributed by atoms with van der Waals surface area (Å²) in [7, 11) is 0. The highest BCUT2D eigenvalue weighted by atomic mass is 79.9. The van der Waals surface area contributed by atoms with Gasteiger partial charge in [-0.2, -0.15) is 0 Å². The van der Waals surface area contributed by atoms with Crippen LogP contribution >= 0.6 is 15.9 Å². The molecule has 2 aromatic carbocycles. The molecule has 0 aromatic heterocycles. The summed E-state index contributed by atoms with van der Waals surface area (Å²) in [4.78, 5) is 26.9. The summed E-state index contributed by atoms with van der Waals surface area (Å²) >= 11 is 3.53. The van der Waals surface area contributed by atoms with E-state index in [9.17, 15) is 9.59 Å². The number of hydrogen-bond donors (Lipinski definition) is 1. The summed E-state index contributed by atoms with van der Waals surface area (Å²) in [6.45, 7) is 8.44. The van der Waals surface area contributed by atoms with E-state index in [0.717, 1.165) is 21.2 Å². The van der Waals surface area contributed by atoms with Crippen LogP contribution in [0.3, 0.4) is 0 Å². The summed E-state index contributed by atoms with van der Waals surface area (Å²) in [5, 5.41) is 2.79. The lowest BCUT2D eigenvalue weighted by Gasteiger charge is -2.28. The molecule has 0 bridgehead atoms. The fraction of sp³-hybridized carbons (Fsp3) is 0.391. The average Bonchev–Trinajstić information content (AvgIpc) is 2.71. The van der Waals surface area contributed by atoms with Gasteiger partial charge in [0.1, 0.15) is 11.8 Å². The molecule has 156 valence electrons. The third-order valence-corrected chi connectivity index (χ3v) is 6.03. The largest absolute Gasteiger partial charge is 0.484 e. The van der Waals surface area contributed by atoms with Gasteiger partial charge in [-0.1, -0.05) is 46.3 Å². The number of carbonyl (C=O) groups is 2. The maximum atomic E-state index is 12.9. The summed E-state index contributed by atoms with van der Waals surface area (Å²) in [5.74, 6) is 0.271. The molecule has 2 aromatic rings. The molecule has 6 heteroatoms. The smallest absolute Gasteiger partial charge is 0.261 e. The van der Waals surface area contributed by atoms with Crippen LogP contribution in [0.2, 0.25) is 0 Å². The van der Waals surface area contributed by atoms with Crippen molar-refractivity contribution in [2.75, 3.05) is 19.7 Å². The monoisotopic (exact) mass is 460 g/mol. The lowest BCUT2D eigenvalue weighted by molar-refractivity contribution is -0.141. The van der Waals surface area contributed by atoms with Gasteiger partial charge in [0.05, 0.1) is 0 Å². The van der Waals surface area contributed by atoms with Crippen molar-refractivity contribution in [3.8, 4) is 5.75 Å². The molecule has 0 saturated heterocycles. The van der Waals surface area contributed by atoms with E-state index in [4.69, 9.17) is 4.74 Å². The van der Waals surface area contributed by atoms with Crippen LogP contribution in [0.15, 0.2) is 46.9 Å². The number of aryl methyl sites for hydroxylation is 2. The summed E-state index contributed by atoms with van der Waals surface area (Å²) in [5.41, 5.74) is 3.21. The van der Waals surface area contributed by atoms with Crippen molar-refractivity contribution in [1.82, 2.24) is 10.2 Å². The maximum Gasteiger partial charge on any atom is 0.261 e. The van der Waals surface area contributed by atoms with Gasteiger partial charge < -0.3 is 15.0 Å². The Bertz CT molecular complexity index is 816. The Kier molecular flexibility index (Phi) is 8.70. The van der Waals surface area contributed by atoms with Crippen molar-refractivity contribution in [2.24, 2.45) is 0 Å². The highest BCUT2D eigenvalue weighted by molar-refractivity contribution is 9.10. The predicted octanol–water partition coefficient (Wildman–Crippen LogP) is 4.04. The molecule has 5 nitrogen and oxygen atoms in total. The van der Waals surface area contributed by atoms with Gasteiger partial charge in [0.25, 0.3) is 5.91 Å². The number of carbonyl (C=O) groups excluding carboxylic acids is 2. The van der Waals surface area contributed by atoms with E-state index in [1.54, 1.807) is 11.8 Å². The number of rotatable bonds is 9. The summed E-state index contributed by atoms with van der Waals surface area (Å²) in [6, 6.07) is 13.2. The second-order valence-electron chi connectivity index (χ2n) is 7.05. The van der Waals surface area contributed by atoms with Crippen LogP contribution in [0.4, 0.5) is 0 Å². The highest BCUT2D eigenvalue weighted by Gasteiger charge is 2.25. The molecule has 0 spiro atoms. The van der Waals surface area contributed by atoms with E-state index in [1.165, 1.54) is 0 Å². The van der Waals surface area contributed by atoms with Crippen LogP contribution < -0.4 is 10.1 Å². The number of benzene rings is 2. The lowest BCUT2D eigenvalue weighted by Crippen LogP contribution is -2.50. The molecule has 2 rings (SSSR count). The molecule has 0 aliphatic heterocycles. The second-order valence-corrected chi connectivity index (χ2v) is 7.85. The SMILES string of the molecule is CCNC(=O)[C@H](C)N(CCc1ccccc1)C(=O)COc1cc(C)c(Br)c(C)c1. The van der Waals surface area contributed by atoms with Crippen molar-refractivity contribution in [2.45, 2.75) is 40.2 Å². The molecule has 0 fully saturated rings. The van der Waals surface area contributed by atoms with Crippen LogP contribution in [0.25, 0.3) is 0 Å². The maximum absolute atomic E-state index is 12.9. The fourth-order valence-corrected chi connectivity index (χ4v) is 3.34. The molecule has 1 N–H and O–H groups in total. The van der Waals surface area contributed by atoms with Crippen LogP contribution in [-0.2, 0) is 16.0 Å². The van der Waals surface area contributed by atoms with Crippen LogP contribution in [0, 0.1) is 13.8 Å². The summed E-state index contributed by atoms with van der Waals surface area (Å²) < 4.78 is 6.80. The van der Waals surface area contributed by atoms with Gasteiger partial charge in [-0.3, -0.25) is 9.59 Å². The van der Waals surface area contributed by atoms with Gasteiger partial charge in [-0.05, 0) is 62.9 Å². The van der Waals surface area contributed by atoms with E-state index in [2.05, 4.69) is 21.2 Å². The third kappa shape index (κ3) is 6.60.